The van der Waals surface area contributed by atoms with E-state index in [1.54, 1.807) is 12.1 Å². The molecular formula is C20H25N3O4. The number of hydrogen-bond acceptors (Lipinski definition) is 5. The number of ether oxygens (including phenoxy) is 1. The van der Waals surface area contributed by atoms with Gasteiger partial charge in [0, 0.05) is 38.3 Å². The molecule has 7 heteroatoms. The lowest BCUT2D eigenvalue weighted by atomic mass is 10.2. The van der Waals surface area contributed by atoms with Gasteiger partial charge in [0.25, 0.3) is 5.91 Å². The van der Waals surface area contributed by atoms with Crippen LogP contribution in [0.2, 0.25) is 0 Å². The highest BCUT2D eigenvalue weighted by Crippen LogP contribution is 2.13. The van der Waals surface area contributed by atoms with Crippen LogP contribution in [-0.2, 0) is 16.1 Å². The summed E-state index contributed by atoms with van der Waals surface area (Å²) < 4.78 is 10.4. The molecule has 1 aromatic carbocycles. The van der Waals surface area contributed by atoms with Gasteiger partial charge in [-0.25, -0.2) is 0 Å². The molecule has 3 rings (SSSR count). The van der Waals surface area contributed by atoms with Crippen molar-refractivity contribution in [2.75, 3.05) is 38.2 Å². The second kappa shape index (κ2) is 9.89. The number of amides is 2. The van der Waals surface area contributed by atoms with E-state index in [0.717, 1.165) is 38.5 Å². The molecule has 2 aromatic rings. The molecule has 0 atom stereocenters. The van der Waals surface area contributed by atoms with Crippen LogP contribution in [0.4, 0.5) is 5.69 Å². The van der Waals surface area contributed by atoms with Crippen molar-refractivity contribution in [1.29, 1.82) is 0 Å². The second-order valence-corrected chi connectivity index (χ2v) is 6.47. The van der Waals surface area contributed by atoms with E-state index in [2.05, 4.69) is 15.5 Å². The fourth-order valence-corrected chi connectivity index (χ4v) is 2.88. The number of carbonyl (C=O) groups excluding carboxylic acids is 2. The molecule has 2 heterocycles. The summed E-state index contributed by atoms with van der Waals surface area (Å²) in [4.78, 5) is 26.1. The van der Waals surface area contributed by atoms with Crippen molar-refractivity contribution in [2.24, 2.45) is 0 Å². The molecule has 1 aliphatic heterocycles. The van der Waals surface area contributed by atoms with Gasteiger partial charge in [-0.15, -0.1) is 0 Å². The van der Waals surface area contributed by atoms with Crippen LogP contribution in [0.5, 0.6) is 0 Å². The third-order valence-corrected chi connectivity index (χ3v) is 4.36. The van der Waals surface area contributed by atoms with Gasteiger partial charge in [0.15, 0.2) is 5.76 Å². The summed E-state index contributed by atoms with van der Waals surface area (Å²) in [6.07, 6.45) is 2.36. The number of morpholine rings is 1. The zero-order chi connectivity index (χ0) is 18.9. The maximum absolute atomic E-state index is 12.0. The van der Waals surface area contributed by atoms with Crippen molar-refractivity contribution in [2.45, 2.75) is 19.4 Å². The molecular weight excluding hydrogens is 346 g/mol. The van der Waals surface area contributed by atoms with Crippen molar-refractivity contribution in [3.05, 3.63) is 54.0 Å². The van der Waals surface area contributed by atoms with E-state index in [0.29, 0.717) is 19.4 Å². The first kappa shape index (κ1) is 19.1. The Morgan fingerprint density at radius 3 is 2.56 bits per heavy atom. The SMILES string of the molecule is O=C(CCCNC(=O)c1ccco1)Nc1ccc(CN2CCOCC2)cc1. The minimum absolute atomic E-state index is 0.0665. The molecule has 0 bridgehead atoms. The van der Waals surface area contributed by atoms with Crippen LogP contribution in [0, 0.1) is 0 Å². The minimum atomic E-state index is -0.267. The average Bonchev–Trinajstić information content (AvgIpc) is 3.22. The highest BCUT2D eigenvalue weighted by molar-refractivity contribution is 5.92. The van der Waals surface area contributed by atoms with Gasteiger partial charge >= 0.3 is 0 Å². The van der Waals surface area contributed by atoms with Crippen LogP contribution >= 0.6 is 0 Å². The van der Waals surface area contributed by atoms with Crippen molar-refractivity contribution < 1.29 is 18.7 Å². The first-order valence-corrected chi connectivity index (χ1v) is 9.21. The number of furan rings is 1. The minimum Gasteiger partial charge on any atom is -0.459 e. The maximum atomic E-state index is 12.0. The lowest BCUT2D eigenvalue weighted by Crippen LogP contribution is -2.35. The van der Waals surface area contributed by atoms with E-state index in [9.17, 15) is 9.59 Å². The first-order valence-electron chi connectivity index (χ1n) is 9.21. The van der Waals surface area contributed by atoms with E-state index >= 15 is 0 Å². The molecule has 2 N–H and O–H groups in total. The molecule has 0 radical (unpaired) electrons. The van der Waals surface area contributed by atoms with E-state index in [4.69, 9.17) is 9.15 Å². The van der Waals surface area contributed by atoms with Crippen molar-refractivity contribution in [1.82, 2.24) is 10.2 Å². The number of rotatable bonds is 8. The Morgan fingerprint density at radius 2 is 1.85 bits per heavy atom. The van der Waals surface area contributed by atoms with Gasteiger partial charge in [-0.2, -0.15) is 0 Å². The molecule has 7 nitrogen and oxygen atoms in total. The fourth-order valence-electron chi connectivity index (χ4n) is 2.88. The number of anilines is 1. The van der Waals surface area contributed by atoms with Gasteiger partial charge < -0.3 is 19.8 Å². The van der Waals surface area contributed by atoms with Crippen molar-refractivity contribution >= 4 is 17.5 Å². The van der Waals surface area contributed by atoms with Crippen LogP contribution in [0.1, 0.15) is 29.0 Å². The largest absolute Gasteiger partial charge is 0.459 e. The average molecular weight is 371 g/mol. The van der Waals surface area contributed by atoms with Gasteiger partial charge in [0.2, 0.25) is 5.91 Å². The van der Waals surface area contributed by atoms with Crippen LogP contribution in [0.3, 0.4) is 0 Å². The topological polar surface area (TPSA) is 83.8 Å². The summed E-state index contributed by atoms with van der Waals surface area (Å²) >= 11 is 0. The lowest BCUT2D eigenvalue weighted by molar-refractivity contribution is -0.116. The Labute approximate surface area is 158 Å². The predicted molar refractivity (Wildman–Crippen MR) is 101 cm³/mol. The molecule has 144 valence electrons. The molecule has 1 aliphatic rings. The normalized spacial score (nSPS) is 14.7. The highest BCUT2D eigenvalue weighted by Gasteiger charge is 2.11. The summed E-state index contributed by atoms with van der Waals surface area (Å²) in [5, 5.41) is 5.61. The molecule has 0 saturated carbocycles. The molecule has 0 spiro atoms. The Balaban J connectivity index is 1.34. The van der Waals surface area contributed by atoms with Crippen LogP contribution < -0.4 is 10.6 Å². The van der Waals surface area contributed by atoms with Crippen molar-refractivity contribution in [3.8, 4) is 0 Å². The standard InChI is InChI=1S/C20H25N3O4/c24-19(4-1-9-21-20(25)18-3-2-12-27-18)22-17-7-5-16(6-8-17)15-23-10-13-26-14-11-23/h2-3,5-8,12H,1,4,9-11,13-15H2,(H,21,25)(H,22,24). The van der Waals surface area contributed by atoms with E-state index in [1.165, 1.54) is 11.8 Å². The van der Waals surface area contributed by atoms with Crippen molar-refractivity contribution in [3.63, 3.8) is 0 Å². The Morgan fingerprint density at radius 1 is 1.07 bits per heavy atom. The summed E-state index contributed by atoms with van der Waals surface area (Å²) in [6, 6.07) is 11.2. The predicted octanol–water partition coefficient (Wildman–Crippen LogP) is 2.26. The van der Waals surface area contributed by atoms with Gasteiger partial charge in [0.1, 0.15) is 0 Å². The molecule has 27 heavy (non-hydrogen) atoms. The van der Waals surface area contributed by atoms with Gasteiger partial charge in [-0.05, 0) is 36.2 Å². The number of carbonyl (C=O) groups is 2. The van der Waals surface area contributed by atoms with Gasteiger partial charge in [-0.1, -0.05) is 12.1 Å². The number of nitrogens with zero attached hydrogens (tertiary/aromatic N) is 1. The third-order valence-electron chi connectivity index (χ3n) is 4.36. The first-order chi connectivity index (χ1) is 13.2. The summed E-state index contributed by atoms with van der Waals surface area (Å²) in [5.41, 5.74) is 2.00. The summed E-state index contributed by atoms with van der Waals surface area (Å²) in [6.45, 7) is 4.80. The molecule has 1 aromatic heterocycles. The Hall–Kier alpha value is -2.64. The second-order valence-electron chi connectivity index (χ2n) is 6.47. The maximum Gasteiger partial charge on any atom is 0.286 e. The number of hydrogen-bond donors (Lipinski definition) is 2. The molecule has 2 amide bonds. The smallest absolute Gasteiger partial charge is 0.286 e. The van der Waals surface area contributed by atoms with Gasteiger partial charge in [-0.3, -0.25) is 14.5 Å². The monoisotopic (exact) mass is 371 g/mol. The van der Waals surface area contributed by atoms with Crippen LogP contribution in [-0.4, -0.2) is 49.6 Å². The van der Waals surface area contributed by atoms with E-state index in [-0.39, 0.29) is 17.6 Å². The zero-order valence-electron chi connectivity index (χ0n) is 15.3. The van der Waals surface area contributed by atoms with E-state index in [1.807, 2.05) is 24.3 Å². The fraction of sp³-hybridized carbons (Fsp3) is 0.400. The number of nitrogens with one attached hydrogen (secondary N) is 2. The highest BCUT2D eigenvalue weighted by atomic mass is 16.5. The van der Waals surface area contributed by atoms with Gasteiger partial charge in [0.05, 0.1) is 19.5 Å². The molecule has 0 unspecified atom stereocenters. The molecule has 1 saturated heterocycles. The number of benzene rings is 1. The zero-order valence-corrected chi connectivity index (χ0v) is 15.3. The Bertz CT molecular complexity index is 722. The third kappa shape index (κ3) is 6.23. The summed E-state index contributed by atoms with van der Waals surface area (Å²) in [7, 11) is 0. The van der Waals surface area contributed by atoms with Crippen LogP contribution in [0.15, 0.2) is 47.1 Å². The van der Waals surface area contributed by atoms with Crippen LogP contribution in [0.25, 0.3) is 0 Å². The van der Waals surface area contributed by atoms with E-state index < -0.39 is 0 Å². The molecule has 0 aliphatic carbocycles. The lowest BCUT2D eigenvalue weighted by Gasteiger charge is -2.26. The Kier molecular flexibility index (Phi) is 7.01. The summed E-state index contributed by atoms with van der Waals surface area (Å²) in [5.74, 6) is -0.0592. The quantitative estimate of drug-likeness (QED) is 0.696. The molecule has 1 fully saturated rings.